The van der Waals surface area contributed by atoms with Gasteiger partial charge in [-0.15, -0.1) is 0 Å². The van der Waals surface area contributed by atoms with Crippen LogP contribution >= 0.6 is 0 Å². The summed E-state index contributed by atoms with van der Waals surface area (Å²) in [5.41, 5.74) is 3.88. The highest BCUT2D eigenvalue weighted by Crippen LogP contribution is 2.22. The highest BCUT2D eigenvalue weighted by atomic mass is 16.2. The molecule has 0 aromatic carbocycles. The number of hydrogen-bond acceptors (Lipinski definition) is 4. The van der Waals surface area contributed by atoms with Crippen molar-refractivity contribution in [2.75, 3.05) is 13.1 Å². The monoisotopic (exact) mass is 354 g/mol. The third-order valence-corrected chi connectivity index (χ3v) is 5.34. The van der Waals surface area contributed by atoms with Crippen LogP contribution in [-0.2, 0) is 18.3 Å². The average molecular weight is 354 g/mol. The first-order chi connectivity index (χ1) is 12.5. The second kappa shape index (κ2) is 7.81. The van der Waals surface area contributed by atoms with Crippen molar-refractivity contribution in [2.24, 2.45) is 13.0 Å². The van der Waals surface area contributed by atoms with Crippen LogP contribution in [0.1, 0.15) is 46.6 Å². The number of carbonyl (C=O) groups is 2. The van der Waals surface area contributed by atoms with Gasteiger partial charge in [-0.2, -0.15) is 5.10 Å². The van der Waals surface area contributed by atoms with Gasteiger partial charge in [-0.3, -0.25) is 19.3 Å². The van der Waals surface area contributed by atoms with Crippen molar-refractivity contribution in [2.45, 2.75) is 39.5 Å². The number of likely N-dealkylation sites (tertiary alicyclic amines) is 1. The average Bonchev–Trinajstić information content (AvgIpc) is 2.91. The van der Waals surface area contributed by atoms with E-state index < -0.39 is 0 Å². The van der Waals surface area contributed by atoms with Crippen molar-refractivity contribution in [3.63, 3.8) is 0 Å². The van der Waals surface area contributed by atoms with Crippen molar-refractivity contribution in [3.8, 4) is 0 Å². The van der Waals surface area contributed by atoms with E-state index in [-0.39, 0.29) is 17.6 Å². The van der Waals surface area contributed by atoms with E-state index in [4.69, 9.17) is 0 Å². The number of carbonyl (C=O) groups excluding carboxylic acids is 2. The molecule has 138 valence electrons. The van der Waals surface area contributed by atoms with E-state index in [0.717, 1.165) is 36.3 Å². The first-order valence-corrected chi connectivity index (χ1v) is 9.18. The highest BCUT2D eigenvalue weighted by molar-refractivity contribution is 5.98. The van der Waals surface area contributed by atoms with Gasteiger partial charge in [0.2, 0.25) is 5.91 Å². The summed E-state index contributed by atoms with van der Waals surface area (Å²) in [6, 6.07) is 3.57. The van der Waals surface area contributed by atoms with Gasteiger partial charge in [-0.05, 0) is 50.8 Å². The largest absolute Gasteiger partial charge is 0.342 e. The second-order valence-corrected chi connectivity index (χ2v) is 7.06. The number of pyridine rings is 1. The van der Waals surface area contributed by atoms with Crippen LogP contribution in [0.4, 0.5) is 0 Å². The molecule has 6 nitrogen and oxygen atoms in total. The van der Waals surface area contributed by atoms with Gasteiger partial charge in [-0.25, -0.2) is 0 Å². The molecule has 26 heavy (non-hydrogen) atoms. The van der Waals surface area contributed by atoms with E-state index in [1.807, 2.05) is 30.5 Å². The molecule has 0 aliphatic carbocycles. The maximum absolute atomic E-state index is 12.7. The lowest BCUT2D eigenvalue weighted by atomic mass is 9.90. The smallest absolute Gasteiger partial charge is 0.222 e. The van der Waals surface area contributed by atoms with Crippen LogP contribution in [0.5, 0.6) is 0 Å². The Bertz CT molecular complexity index is 798. The molecule has 0 saturated carbocycles. The van der Waals surface area contributed by atoms with Crippen molar-refractivity contribution < 1.29 is 9.59 Å². The molecule has 0 spiro atoms. The van der Waals surface area contributed by atoms with Crippen LogP contribution in [0.25, 0.3) is 0 Å². The Balaban J connectivity index is 1.60. The molecule has 1 saturated heterocycles. The Kier molecular flexibility index (Phi) is 5.49. The number of Topliss-reactive ketones (excluding diaryl/α,β-unsaturated/α-hetero) is 1. The minimum Gasteiger partial charge on any atom is -0.342 e. The molecule has 3 rings (SSSR count). The molecular weight excluding hydrogens is 328 g/mol. The number of ketones is 1. The summed E-state index contributed by atoms with van der Waals surface area (Å²) in [5.74, 6) is 0.0876. The molecule has 6 heteroatoms. The number of amides is 1. The van der Waals surface area contributed by atoms with E-state index in [9.17, 15) is 9.59 Å². The minimum absolute atomic E-state index is 0.0922. The van der Waals surface area contributed by atoms with E-state index in [1.54, 1.807) is 24.5 Å². The van der Waals surface area contributed by atoms with Crippen molar-refractivity contribution >= 4 is 11.7 Å². The molecule has 1 fully saturated rings. The van der Waals surface area contributed by atoms with Gasteiger partial charge in [-0.1, -0.05) is 0 Å². The molecule has 0 unspecified atom stereocenters. The fraction of sp³-hybridized carbons (Fsp3) is 0.500. The number of aromatic nitrogens is 3. The van der Waals surface area contributed by atoms with Gasteiger partial charge < -0.3 is 4.90 Å². The third kappa shape index (κ3) is 3.84. The fourth-order valence-electron chi connectivity index (χ4n) is 3.73. The second-order valence-electron chi connectivity index (χ2n) is 7.06. The standard InChI is InChI=1S/C20H26N4O2/c1-14-18(15(2)23(3)22-14)8-9-19(25)24-11-5-7-17(13-24)20(26)16-6-4-10-21-12-16/h4,6,10,12,17H,5,7-9,11,13H2,1-3H3/t17-/m1/s1. The van der Waals surface area contributed by atoms with Crippen LogP contribution in [0, 0.1) is 19.8 Å². The van der Waals surface area contributed by atoms with Gasteiger partial charge in [0, 0.05) is 56.1 Å². The van der Waals surface area contributed by atoms with Gasteiger partial charge in [0.15, 0.2) is 5.78 Å². The van der Waals surface area contributed by atoms with Crippen LogP contribution in [0.2, 0.25) is 0 Å². The topological polar surface area (TPSA) is 68.1 Å². The Morgan fingerprint density at radius 1 is 1.31 bits per heavy atom. The maximum atomic E-state index is 12.7. The SMILES string of the molecule is Cc1nn(C)c(C)c1CCC(=O)N1CCC[C@@H](C(=O)c2cccnc2)C1. The van der Waals surface area contributed by atoms with Gasteiger partial charge >= 0.3 is 0 Å². The van der Waals surface area contributed by atoms with Gasteiger partial charge in [0.25, 0.3) is 0 Å². The third-order valence-electron chi connectivity index (χ3n) is 5.34. The number of aryl methyl sites for hydroxylation is 2. The Morgan fingerprint density at radius 2 is 2.12 bits per heavy atom. The van der Waals surface area contributed by atoms with E-state index in [1.165, 1.54) is 0 Å². The van der Waals surface area contributed by atoms with Crippen LogP contribution in [0.15, 0.2) is 24.5 Å². The first-order valence-electron chi connectivity index (χ1n) is 9.18. The summed E-state index contributed by atoms with van der Waals surface area (Å²) >= 11 is 0. The molecule has 2 aromatic heterocycles. The summed E-state index contributed by atoms with van der Waals surface area (Å²) in [4.78, 5) is 31.2. The summed E-state index contributed by atoms with van der Waals surface area (Å²) in [6.07, 6.45) is 6.13. The molecule has 0 radical (unpaired) electrons. The Labute approximate surface area is 154 Å². The first kappa shape index (κ1) is 18.3. The zero-order valence-electron chi connectivity index (χ0n) is 15.7. The zero-order chi connectivity index (χ0) is 18.7. The Morgan fingerprint density at radius 3 is 2.77 bits per heavy atom. The number of nitrogens with zero attached hydrogens (tertiary/aromatic N) is 4. The molecule has 1 atom stereocenters. The quantitative estimate of drug-likeness (QED) is 0.774. The predicted octanol–water partition coefficient (Wildman–Crippen LogP) is 2.49. The molecule has 0 bridgehead atoms. The van der Waals surface area contributed by atoms with Gasteiger partial charge in [0.05, 0.1) is 5.69 Å². The van der Waals surface area contributed by atoms with Crippen molar-refractivity contribution in [1.29, 1.82) is 0 Å². The summed E-state index contributed by atoms with van der Waals surface area (Å²) in [7, 11) is 1.92. The van der Waals surface area contributed by atoms with E-state index >= 15 is 0 Å². The van der Waals surface area contributed by atoms with E-state index in [0.29, 0.717) is 24.9 Å². The molecule has 3 heterocycles. The van der Waals surface area contributed by atoms with E-state index in [2.05, 4.69) is 10.1 Å². The van der Waals surface area contributed by atoms with Gasteiger partial charge in [0.1, 0.15) is 0 Å². The summed E-state index contributed by atoms with van der Waals surface area (Å²) < 4.78 is 1.86. The highest BCUT2D eigenvalue weighted by Gasteiger charge is 2.29. The number of rotatable bonds is 5. The lowest BCUT2D eigenvalue weighted by molar-refractivity contribution is -0.132. The van der Waals surface area contributed by atoms with Crippen molar-refractivity contribution in [1.82, 2.24) is 19.7 Å². The molecule has 0 N–H and O–H groups in total. The maximum Gasteiger partial charge on any atom is 0.222 e. The lowest BCUT2D eigenvalue weighted by Gasteiger charge is -2.32. The fourth-order valence-corrected chi connectivity index (χ4v) is 3.73. The van der Waals surface area contributed by atoms with Crippen LogP contribution in [0.3, 0.4) is 0 Å². The summed E-state index contributed by atoms with van der Waals surface area (Å²) in [6.45, 7) is 5.26. The summed E-state index contributed by atoms with van der Waals surface area (Å²) in [5, 5.41) is 4.41. The molecule has 1 amide bonds. The molecule has 2 aromatic rings. The predicted molar refractivity (Wildman–Crippen MR) is 98.9 cm³/mol. The Hall–Kier alpha value is -2.50. The molecule has 1 aliphatic rings. The van der Waals surface area contributed by atoms with Crippen LogP contribution < -0.4 is 0 Å². The minimum atomic E-state index is -0.126. The number of piperidine rings is 1. The molecular formula is C20H26N4O2. The normalized spacial score (nSPS) is 17.3. The van der Waals surface area contributed by atoms with Crippen LogP contribution in [-0.4, -0.2) is 44.4 Å². The number of hydrogen-bond donors (Lipinski definition) is 0. The zero-order valence-corrected chi connectivity index (χ0v) is 15.7. The molecule has 1 aliphatic heterocycles. The van der Waals surface area contributed by atoms with Crippen molar-refractivity contribution in [3.05, 3.63) is 47.0 Å². The lowest BCUT2D eigenvalue weighted by Crippen LogP contribution is -2.42.